The Bertz CT molecular complexity index is 1510. The van der Waals surface area contributed by atoms with E-state index in [4.69, 9.17) is 0 Å². The molecule has 0 spiro atoms. The lowest BCUT2D eigenvalue weighted by molar-refractivity contribution is -0.123. The van der Waals surface area contributed by atoms with Crippen LogP contribution in [0.4, 0.5) is 0 Å². The number of benzene rings is 3. The lowest BCUT2D eigenvalue weighted by Crippen LogP contribution is -2.48. The Balaban J connectivity index is 1.25. The maximum Gasteiger partial charge on any atom is 0.251 e. The number of nitrogens with zero attached hydrogens (tertiary/aromatic N) is 2. The van der Waals surface area contributed by atoms with Gasteiger partial charge in [-0.1, -0.05) is 54.6 Å². The topological polar surface area (TPSA) is 128 Å². The summed E-state index contributed by atoms with van der Waals surface area (Å²) in [6, 6.07) is 20.4. The number of hydrogen-bond acceptors (Lipinski definition) is 5. The average molecular weight is 522 g/mol. The zero-order chi connectivity index (χ0) is 27.0. The standard InChI is InChI=1S/C30H31N7O2/c1-20(25-8-4-6-22-5-2-3-7-26(22)25)36-30(39)27(15-24-17-32-19-35-24)37-29(38)23-11-9-21(10-12-23)16-31-18-28-33-13-14-34-28/h2-14,17,19-20,27,31H,15-16,18H2,1H3,(H,32,35)(H,33,34)(H,36,39)(H,37,38)/t20-,27-/m0/s1. The molecule has 9 nitrogen and oxygen atoms in total. The number of H-pyrrole nitrogens is 2. The molecule has 5 rings (SSSR count). The van der Waals surface area contributed by atoms with E-state index in [1.807, 2.05) is 49.4 Å². The van der Waals surface area contributed by atoms with Crippen molar-refractivity contribution in [2.45, 2.75) is 38.5 Å². The summed E-state index contributed by atoms with van der Waals surface area (Å²) in [6.45, 7) is 3.21. The molecule has 2 heterocycles. The Kier molecular flexibility index (Phi) is 8.09. The second-order valence-corrected chi connectivity index (χ2v) is 9.44. The Hall–Kier alpha value is -4.76. The van der Waals surface area contributed by atoms with E-state index < -0.39 is 6.04 Å². The van der Waals surface area contributed by atoms with Gasteiger partial charge in [-0.3, -0.25) is 9.59 Å². The summed E-state index contributed by atoms with van der Waals surface area (Å²) in [7, 11) is 0. The summed E-state index contributed by atoms with van der Waals surface area (Å²) in [4.78, 5) is 40.9. The average Bonchev–Trinajstić information content (AvgIpc) is 3.67. The third kappa shape index (κ3) is 6.58. The predicted molar refractivity (Wildman–Crippen MR) is 150 cm³/mol. The molecule has 2 aromatic heterocycles. The number of aromatic nitrogens is 4. The predicted octanol–water partition coefficient (Wildman–Crippen LogP) is 3.79. The fourth-order valence-electron chi connectivity index (χ4n) is 4.58. The largest absolute Gasteiger partial charge is 0.348 e. The summed E-state index contributed by atoms with van der Waals surface area (Å²) in [5.41, 5.74) is 3.29. The number of imidazole rings is 2. The zero-order valence-electron chi connectivity index (χ0n) is 21.6. The Morgan fingerprint density at radius 2 is 1.74 bits per heavy atom. The minimum absolute atomic E-state index is 0.252. The van der Waals surface area contributed by atoms with E-state index in [2.05, 4.69) is 48.0 Å². The van der Waals surface area contributed by atoms with Crippen LogP contribution < -0.4 is 16.0 Å². The molecule has 3 aromatic carbocycles. The first kappa shape index (κ1) is 25.9. The molecular formula is C30H31N7O2. The number of carbonyl (C=O) groups excluding carboxylic acids is 2. The molecule has 5 aromatic rings. The summed E-state index contributed by atoms with van der Waals surface area (Å²) in [6.07, 6.45) is 7.01. The van der Waals surface area contributed by atoms with Crippen LogP contribution in [0.1, 0.15) is 46.0 Å². The molecule has 198 valence electrons. The molecule has 9 heteroatoms. The molecule has 0 radical (unpaired) electrons. The molecule has 39 heavy (non-hydrogen) atoms. The summed E-state index contributed by atoms with van der Waals surface area (Å²) < 4.78 is 0. The van der Waals surface area contributed by atoms with Crippen molar-refractivity contribution in [3.8, 4) is 0 Å². The van der Waals surface area contributed by atoms with E-state index in [9.17, 15) is 9.59 Å². The fraction of sp³-hybridized carbons (Fsp3) is 0.200. The van der Waals surface area contributed by atoms with Gasteiger partial charge >= 0.3 is 0 Å². The van der Waals surface area contributed by atoms with Crippen molar-refractivity contribution in [1.82, 2.24) is 35.9 Å². The molecule has 0 aliphatic rings. The first-order valence-corrected chi connectivity index (χ1v) is 12.9. The Morgan fingerprint density at radius 3 is 2.51 bits per heavy atom. The van der Waals surface area contributed by atoms with Crippen LogP contribution in [0.2, 0.25) is 0 Å². The third-order valence-corrected chi connectivity index (χ3v) is 6.64. The van der Waals surface area contributed by atoms with E-state index >= 15 is 0 Å². The Morgan fingerprint density at radius 1 is 0.923 bits per heavy atom. The van der Waals surface area contributed by atoms with Crippen molar-refractivity contribution in [2.75, 3.05) is 0 Å². The van der Waals surface area contributed by atoms with Crippen molar-refractivity contribution < 1.29 is 9.59 Å². The summed E-state index contributed by atoms with van der Waals surface area (Å²) in [5.74, 6) is 0.280. The van der Waals surface area contributed by atoms with Crippen LogP contribution in [-0.4, -0.2) is 37.8 Å². The SMILES string of the molecule is C[C@H](NC(=O)[C@H](Cc1cnc[nH]1)NC(=O)c1ccc(CNCc2ncc[nH]2)cc1)c1cccc2ccccc12. The van der Waals surface area contributed by atoms with Gasteiger partial charge in [-0.15, -0.1) is 0 Å². The van der Waals surface area contributed by atoms with Crippen molar-refractivity contribution in [1.29, 1.82) is 0 Å². The van der Waals surface area contributed by atoms with E-state index in [-0.39, 0.29) is 24.3 Å². The molecule has 0 fully saturated rings. The van der Waals surface area contributed by atoms with Gasteiger partial charge in [-0.25, -0.2) is 9.97 Å². The lowest BCUT2D eigenvalue weighted by atomic mass is 9.99. The second-order valence-electron chi connectivity index (χ2n) is 9.44. The minimum Gasteiger partial charge on any atom is -0.348 e. The molecule has 5 N–H and O–H groups in total. The van der Waals surface area contributed by atoms with Gasteiger partial charge < -0.3 is 25.9 Å². The van der Waals surface area contributed by atoms with Crippen LogP contribution in [0.15, 0.2) is 91.6 Å². The molecule has 0 bridgehead atoms. The third-order valence-electron chi connectivity index (χ3n) is 6.64. The maximum atomic E-state index is 13.4. The van der Waals surface area contributed by atoms with Crippen LogP contribution in [0.5, 0.6) is 0 Å². The van der Waals surface area contributed by atoms with E-state index in [1.54, 1.807) is 37.1 Å². The Labute approximate surface area is 226 Å². The van der Waals surface area contributed by atoms with Crippen LogP contribution in [0.3, 0.4) is 0 Å². The van der Waals surface area contributed by atoms with Gasteiger partial charge in [-0.05, 0) is 41.0 Å². The molecule has 0 aliphatic carbocycles. The molecule has 2 amide bonds. The van der Waals surface area contributed by atoms with Crippen LogP contribution in [-0.2, 0) is 24.3 Å². The van der Waals surface area contributed by atoms with Gasteiger partial charge in [0.15, 0.2) is 0 Å². The number of aromatic amines is 2. The van der Waals surface area contributed by atoms with Crippen LogP contribution >= 0.6 is 0 Å². The highest BCUT2D eigenvalue weighted by atomic mass is 16.2. The number of nitrogens with one attached hydrogen (secondary N) is 5. The molecule has 0 saturated carbocycles. The molecular weight excluding hydrogens is 490 g/mol. The lowest BCUT2D eigenvalue weighted by Gasteiger charge is -2.22. The van der Waals surface area contributed by atoms with Gasteiger partial charge in [0, 0.05) is 42.8 Å². The number of amides is 2. The molecule has 0 saturated heterocycles. The summed E-state index contributed by atoms with van der Waals surface area (Å²) in [5, 5.41) is 11.5. The first-order valence-electron chi connectivity index (χ1n) is 12.9. The highest BCUT2D eigenvalue weighted by Crippen LogP contribution is 2.24. The smallest absolute Gasteiger partial charge is 0.251 e. The van der Waals surface area contributed by atoms with Crippen LogP contribution in [0.25, 0.3) is 10.8 Å². The van der Waals surface area contributed by atoms with Crippen molar-refractivity contribution in [2.24, 2.45) is 0 Å². The number of hydrogen-bond donors (Lipinski definition) is 5. The van der Waals surface area contributed by atoms with Gasteiger partial charge in [-0.2, -0.15) is 0 Å². The monoisotopic (exact) mass is 521 g/mol. The highest BCUT2D eigenvalue weighted by molar-refractivity contribution is 5.97. The summed E-state index contributed by atoms with van der Waals surface area (Å²) >= 11 is 0. The molecule has 0 unspecified atom stereocenters. The second kappa shape index (κ2) is 12.2. The van der Waals surface area contributed by atoms with E-state index in [0.717, 1.165) is 33.4 Å². The maximum absolute atomic E-state index is 13.4. The molecule has 2 atom stereocenters. The fourth-order valence-corrected chi connectivity index (χ4v) is 4.58. The normalized spacial score (nSPS) is 12.6. The van der Waals surface area contributed by atoms with Crippen LogP contribution in [0, 0.1) is 0 Å². The van der Waals surface area contributed by atoms with Gasteiger partial charge in [0.05, 0.1) is 18.9 Å². The number of rotatable bonds is 11. The number of fused-ring (bicyclic) bond motifs is 1. The highest BCUT2D eigenvalue weighted by Gasteiger charge is 2.24. The van der Waals surface area contributed by atoms with Crippen molar-refractivity contribution >= 4 is 22.6 Å². The van der Waals surface area contributed by atoms with E-state index in [1.165, 1.54) is 0 Å². The van der Waals surface area contributed by atoms with Gasteiger partial charge in [0.25, 0.3) is 5.91 Å². The first-order chi connectivity index (χ1) is 19.1. The van der Waals surface area contributed by atoms with Gasteiger partial charge in [0.2, 0.25) is 5.91 Å². The van der Waals surface area contributed by atoms with Crippen molar-refractivity contribution in [3.63, 3.8) is 0 Å². The minimum atomic E-state index is -0.787. The van der Waals surface area contributed by atoms with E-state index in [0.29, 0.717) is 18.7 Å². The zero-order valence-corrected chi connectivity index (χ0v) is 21.6. The quantitative estimate of drug-likeness (QED) is 0.181. The molecule has 0 aliphatic heterocycles. The van der Waals surface area contributed by atoms with Gasteiger partial charge in [0.1, 0.15) is 11.9 Å². The van der Waals surface area contributed by atoms with Crippen molar-refractivity contribution in [3.05, 3.63) is 120 Å². The number of carbonyl (C=O) groups is 2.